The lowest BCUT2D eigenvalue weighted by Gasteiger charge is -1.90. The van der Waals surface area contributed by atoms with Crippen molar-refractivity contribution in [2.45, 2.75) is 6.92 Å². The van der Waals surface area contributed by atoms with Gasteiger partial charge >= 0.3 is 0 Å². The molecule has 1 aromatic heterocycles. The smallest absolute Gasteiger partial charge is 0.282 e. The Hall–Kier alpha value is -2.62. The second-order valence-electron chi connectivity index (χ2n) is 4.29. The van der Waals surface area contributed by atoms with Crippen molar-refractivity contribution in [2.75, 3.05) is 0 Å². The number of benzene rings is 2. The van der Waals surface area contributed by atoms with Gasteiger partial charge in [0.1, 0.15) is 5.58 Å². The van der Waals surface area contributed by atoms with Gasteiger partial charge in [-0.25, -0.2) is 0 Å². The molecule has 19 heavy (non-hydrogen) atoms. The van der Waals surface area contributed by atoms with Crippen molar-refractivity contribution in [2.24, 2.45) is 10.2 Å². The topological polar surface area (TPSA) is 58.1 Å². The molecular weight excluding hydrogens is 240 g/mol. The Bertz CT molecular complexity index is 745. The van der Waals surface area contributed by atoms with E-state index in [2.05, 4.69) is 10.2 Å². The van der Waals surface area contributed by atoms with Gasteiger partial charge in [-0.1, -0.05) is 29.8 Å². The molecule has 1 N–H and O–H groups in total. The van der Waals surface area contributed by atoms with Crippen LogP contribution in [0.3, 0.4) is 0 Å². The van der Waals surface area contributed by atoms with Crippen LogP contribution in [-0.2, 0) is 0 Å². The first-order valence-electron chi connectivity index (χ1n) is 5.93. The highest BCUT2D eigenvalue weighted by Gasteiger charge is 2.12. The van der Waals surface area contributed by atoms with Gasteiger partial charge in [0.05, 0.1) is 11.1 Å². The minimum atomic E-state index is 0.0263. The van der Waals surface area contributed by atoms with Gasteiger partial charge in [0.15, 0.2) is 5.75 Å². The molecule has 0 spiro atoms. The molecule has 0 atom stereocenters. The molecule has 0 amide bonds. The quantitative estimate of drug-likeness (QED) is 0.662. The molecule has 0 aliphatic carbocycles. The first kappa shape index (κ1) is 11.5. The maximum Gasteiger partial charge on any atom is 0.282 e. The number of hydrogen-bond acceptors (Lipinski definition) is 4. The minimum absolute atomic E-state index is 0.0263. The molecule has 0 aliphatic heterocycles. The number of aryl methyl sites for hydroxylation is 1. The normalized spacial score (nSPS) is 11.4. The third-order valence-corrected chi connectivity index (χ3v) is 2.81. The molecule has 0 unspecified atom stereocenters. The van der Waals surface area contributed by atoms with Crippen molar-refractivity contribution in [3.05, 3.63) is 54.1 Å². The summed E-state index contributed by atoms with van der Waals surface area (Å²) in [6.45, 7) is 1.96. The number of hydrogen-bond donors (Lipinski definition) is 1. The van der Waals surface area contributed by atoms with E-state index < -0.39 is 0 Å². The number of fused-ring (bicyclic) bond motifs is 1. The van der Waals surface area contributed by atoms with E-state index in [4.69, 9.17) is 4.42 Å². The van der Waals surface area contributed by atoms with Crippen LogP contribution in [0, 0.1) is 6.92 Å². The highest BCUT2D eigenvalue weighted by Crippen LogP contribution is 2.39. The summed E-state index contributed by atoms with van der Waals surface area (Å²) in [6, 6.07) is 14.9. The molecule has 0 aliphatic rings. The van der Waals surface area contributed by atoms with Gasteiger partial charge in [0.2, 0.25) is 0 Å². The molecule has 4 nitrogen and oxygen atoms in total. The Morgan fingerprint density at radius 3 is 2.58 bits per heavy atom. The summed E-state index contributed by atoms with van der Waals surface area (Å²) in [5, 5.41) is 18.7. The minimum Gasteiger partial charge on any atom is -0.503 e. The number of aromatic hydroxyl groups is 1. The maximum atomic E-state index is 10.0. The molecule has 1 heterocycles. The van der Waals surface area contributed by atoms with Crippen molar-refractivity contribution in [1.29, 1.82) is 0 Å². The fraction of sp³-hybridized carbons (Fsp3) is 0.0667. The number of azo groups is 1. The van der Waals surface area contributed by atoms with Crippen LogP contribution in [0.4, 0.5) is 11.6 Å². The summed E-state index contributed by atoms with van der Waals surface area (Å²) in [6.07, 6.45) is 0. The Morgan fingerprint density at radius 2 is 1.79 bits per heavy atom. The predicted molar refractivity (Wildman–Crippen MR) is 73.2 cm³/mol. The van der Waals surface area contributed by atoms with E-state index >= 15 is 0 Å². The largest absolute Gasteiger partial charge is 0.503 e. The lowest BCUT2D eigenvalue weighted by Crippen LogP contribution is -1.69. The van der Waals surface area contributed by atoms with Gasteiger partial charge in [-0.15, -0.1) is 10.2 Å². The standard InChI is InChI=1S/C15H12N2O2/c1-10-7-8-13-12(9-10)14(18)15(19-13)17-16-11-5-3-2-4-6-11/h2-9,18H,1H3. The van der Waals surface area contributed by atoms with Crippen molar-refractivity contribution in [1.82, 2.24) is 0 Å². The van der Waals surface area contributed by atoms with Gasteiger partial charge in [-0.3, -0.25) is 0 Å². The SMILES string of the molecule is Cc1ccc2oc(N=Nc3ccccc3)c(O)c2c1. The summed E-state index contributed by atoms with van der Waals surface area (Å²) in [7, 11) is 0. The average molecular weight is 252 g/mol. The van der Waals surface area contributed by atoms with Crippen LogP contribution < -0.4 is 0 Å². The van der Waals surface area contributed by atoms with E-state index in [0.29, 0.717) is 16.7 Å². The second kappa shape index (κ2) is 4.57. The van der Waals surface area contributed by atoms with Crippen LogP contribution in [0.25, 0.3) is 11.0 Å². The molecule has 4 heteroatoms. The zero-order valence-electron chi connectivity index (χ0n) is 10.4. The number of nitrogens with zero attached hydrogens (tertiary/aromatic N) is 2. The average Bonchev–Trinajstić information content (AvgIpc) is 2.74. The molecule has 0 saturated carbocycles. The van der Waals surface area contributed by atoms with Crippen LogP contribution in [0.2, 0.25) is 0 Å². The molecule has 0 fully saturated rings. The summed E-state index contributed by atoms with van der Waals surface area (Å²) >= 11 is 0. The molecule has 0 saturated heterocycles. The number of furan rings is 1. The lowest BCUT2D eigenvalue weighted by molar-refractivity contribution is 0.468. The Balaban J connectivity index is 2.02. The fourth-order valence-electron chi connectivity index (χ4n) is 1.85. The summed E-state index contributed by atoms with van der Waals surface area (Å²) < 4.78 is 5.47. The third-order valence-electron chi connectivity index (χ3n) is 2.81. The molecule has 0 bridgehead atoms. The van der Waals surface area contributed by atoms with E-state index in [9.17, 15) is 5.11 Å². The number of rotatable bonds is 2. The molecule has 3 rings (SSSR count). The zero-order valence-corrected chi connectivity index (χ0v) is 10.4. The maximum absolute atomic E-state index is 10.0. The van der Waals surface area contributed by atoms with Crippen molar-refractivity contribution in [3.8, 4) is 5.75 Å². The second-order valence-corrected chi connectivity index (χ2v) is 4.29. The Morgan fingerprint density at radius 1 is 1.00 bits per heavy atom. The molecule has 94 valence electrons. The van der Waals surface area contributed by atoms with Crippen LogP contribution >= 0.6 is 0 Å². The van der Waals surface area contributed by atoms with Crippen LogP contribution in [-0.4, -0.2) is 5.11 Å². The highest BCUT2D eigenvalue weighted by molar-refractivity contribution is 5.88. The van der Waals surface area contributed by atoms with Gasteiger partial charge < -0.3 is 9.52 Å². The molecular formula is C15H12N2O2. The first-order valence-corrected chi connectivity index (χ1v) is 5.93. The van der Waals surface area contributed by atoms with Gasteiger partial charge in [-0.2, -0.15) is 0 Å². The fourth-order valence-corrected chi connectivity index (χ4v) is 1.85. The van der Waals surface area contributed by atoms with Gasteiger partial charge in [0, 0.05) is 0 Å². The zero-order chi connectivity index (χ0) is 13.2. The first-order chi connectivity index (χ1) is 9.24. The van der Waals surface area contributed by atoms with E-state index in [0.717, 1.165) is 5.56 Å². The van der Waals surface area contributed by atoms with Crippen LogP contribution in [0.1, 0.15) is 5.56 Å². The predicted octanol–water partition coefficient (Wildman–Crippen LogP) is 4.86. The summed E-state index contributed by atoms with van der Waals surface area (Å²) in [4.78, 5) is 0. The summed E-state index contributed by atoms with van der Waals surface area (Å²) in [5.74, 6) is 0.155. The Labute approximate surface area is 110 Å². The highest BCUT2D eigenvalue weighted by atomic mass is 16.4. The van der Waals surface area contributed by atoms with E-state index in [1.165, 1.54) is 0 Å². The van der Waals surface area contributed by atoms with Crippen molar-refractivity contribution < 1.29 is 9.52 Å². The third kappa shape index (κ3) is 2.20. The van der Waals surface area contributed by atoms with Crippen LogP contribution in [0.5, 0.6) is 5.75 Å². The van der Waals surface area contributed by atoms with Gasteiger partial charge in [-0.05, 0) is 31.2 Å². The van der Waals surface area contributed by atoms with Crippen molar-refractivity contribution >= 4 is 22.5 Å². The molecule has 0 radical (unpaired) electrons. The summed E-state index contributed by atoms with van der Waals surface area (Å²) in [5.41, 5.74) is 2.36. The van der Waals surface area contributed by atoms with Crippen molar-refractivity contribution in [3.63, 3.8) is 0 Å². The molecule has 2 aromatic carbocycles. The monoisotopic (exact) mass is 252 g/mol. The molecule has 3 aromatic rings. The van der Waals surface area contributed by atoms with E-state index in [-0.39, 0.29) is 11.6 Å². The van der Waals surface area contributed by atoms with E-state index in [1.54, 1.807) is 0 Å². The lowest BCUT2D eigenvalue weighted by atomic mass is 10.2. The Kier molecular flexibility index (Phi) is 2.76. The van der Waals surface area contributed by atoms with E-state index in [1.807, 2.05) is 55.5 Å². The van der Waals surface area contributed by atoms with Gasteiger partial charge in [0.25, 0.3) is 5.88 Å². The van der Waals surface area contributed by atoms with Crippen LogP contribution in [0.15, 0.2) is 63.2 Å².